The Bertz CT molecular complexity index is 439. The van der Waals surface area contributed by atoms with Crippen LogP contribution in [0.3, 0.4) is 0 Å². The lowest BCUT2D eigenvalue weighted by molar-refractivity contribution is -0.119. The van der Waals surface area contributed by atoms with Crippen molar-refractivity contribution in [1.29, 1.82) is 0 Å². The zero-order valence-corrected chi connectivity index (χ0v) is 12.5. The van der Waals surface area contributed by atoms with E-state index in [-0.39, 0.29) is 18.6 Å². The van der Waals surface area contributed by atoms with E-state index in [0.29, 0.717) is 0 Å². The first-order chi connectivity index (χ1) is 10.2. The third-order valence-electron chi connectivity index (χ3n) is 3.79. The fraction of sp³-hybridized carbons (Fsp3) is 0.562. The van der Waals surface area contributed by atoms with Gasteiger partial charge in [0.1, 0.15) is 6.61 Å². The van der Waals surface area contributed by atoms with Gasteiger partial charge < -0.3 is 20.1 Å². The molecule has 1 fully saturated rings. The van der Waals surface area contributed by atoms with E-state index in [1.165, 1.54) is 12.7 Å². The van der Waals surface area contributed by atoms with Gasteiger partial charge in [-0.3, -0.25) is 4.79 Å². The van der Waals surface area contributed by atoms with Crippen LogP contribution in [0, 0.1) is 0 Å². The number of benzene rings is 1. The molecule has 21 heavy (non-hydrogen) atoms. The molecule has 0 atom stereocenters. The van der Waals surface area contributed by atoms with Crippen LogP contribution in [0.25, 0.3) is 0 Å². The van der Waals surface area contributed by atoms with Gasteiger partial charge in [-0.1, -0.05) is 12.1 Å². The van der Waals surface area contributed by atoms with E-state index >= 15 is 0 Å². The number of hydrogen-bond acceptors (Lipinski definition) is 4. The first-order valence-corrected chi connectivity index (χ1v) is 7.45. The summed E-state index contributed by atoms with van der Waals surface area (Å²) in [6.07, 6.45) is 2.63. The summed E-state index contributed by atoms with van der Waals surface area (Å²) in [5.41, 5.74) is 2.05. The summed E-state index contributed by atoms with van der Waals surface area (Å²) < 4.78 is 4.78. The normalized spacial score (nSPS) is 16.9. The Morgan fingerprint density at radius 2 is 2.00 bits per heavy atom. The van der Waals surface area contributed by atoms with Crippen LogP contribution < -0.4 is 5.32 Å². The number of rotatable bonds is 6. The number of carbonyl (C=O) groups is 1. The summed E-state index contributed by atoms with van der Waals surface area (Å²) in [7, 11) is 1.50. The molecule has 5 nitrogen and oxygen atoms in total. The molecule has 1 aliphatic heterocycles. The fourth-order valence-corrected chi connectivity index (χ4v) is 2.51. The maximum atomic E-state index is 11.4. The Morgan fingerprint density at radius 1 is 1.33 bits per heavy atom. The number of anilines is 1. The molecule has 0 unspecified atom stereocenters. The Morgan fingerprint density at radius 3 is 2.62 bits per heavy atom. The second-order valence-corrected chi connectivity index (χ2v) is 5.50. The summed E-state index contributed by atoms with van der Waals surface area (Å²) in [6.45, 7) is 3.04. The number of aliphatic hydroxyl groups is 1. The molecule has 1 heterocycles. The van der Waals surface area contributed by atoms with Gasteiger partial charge in [-0.15, -0.1) is 0 Å². The SMILES string of the molecule is COCC(=O)Nc1ccc(CCN2CCC(O)CC2)cc1. The van der Waals surface area contributed by atoms with Gasteiger partial charge in [-0.25, -0.2) is 0 Å². The van der Waals surface area contributed by atoms with Gasteiger partial charge in [-0.2, -0.15) is 0 Å². The van der Waals surface area contributed by atoms with Gasteiger partial charge in [0.15, 0.2) is 0 Å². The number of methoxy groups -OCH3 is 1. The average Bonchev–Trinajstić information content (AvgIpc) is 2.48. The monoisotopic (exact) mass is 292 g/mol. The zero-order valence-electron chi connectivity index (χ0n) is 12.5. The number of hydrogen-bond donors (Lipinski definition) is 2. The molecule has 0 radical (unpaired) electrons. The third kappa shape index (κ3) is 5.46. The Kier molecular flexibility index (Phi) is 6.17. The highest BCUT2D eigenvalue weighted by molar-refractivity contribution is 5.91. The molecule has 1 aromatic carbocycles. The van der Waals surface area contributed by atoms with Gasteiger partial charge in [-0.05, 0) is 37.0 Å². The summed E-state index contributed by atoms with van der Waals surface area (Å²) >= 11 is 0. The molecule has 1 amide bonds. The van der Waals surface area contributed by atoms with Crippen LogP contribution in [0.2, 0.25) is 0 Å². The van der Waals surface area contributed by atoms with Crippen LogP contribution in [-0.4, -0.2) is 55.4 Å². The van der Waals surface area contributed by atoms with Gasteiger partial charge in [0.2, 0.25) is 5.91 Å². The molecule has 0 bridgehead atoms. The summed E-state index contributed by atoms with van der Waals surface area (Å²) in [5.74, 6) is -0.142. The molecule has 2 rings (SSSR count). The average molecular weight is 292 g/mol. The van der Waals surface area contributed by atoms with Crippen molar-refractivity contribution in [2.45, 2.75) is 25.4 Å². The van der Waals surface area contributed by atoms with Crippen molar-refractivity contribution in [3.63, 3.8) is 0 Å². The molecule has 0 saturated carbocycles. The molecule has 116 valence electrons. The van der Waals surface area contributed by atoms with Crippen LogP contribution in [0.4, 0.5) is 5.69 Å². The van der Waals surface area contributed by atoms with Crippen LogP contribution in [0.1, 0.15) is 18.4 Å². The molecule has 1 aliphatic rings. The maximum Gasteiger partial charge on any atom is 0.250 e. The molecule has 1 aromatic rings. The predicted molar refractivity (Wildman–Crippen MR) is 82.3 cm³/mol. The number of nitrogens with zero attached hydrogens (tertiary/aromatic N) is 1. The van der Waals surface area contributed by atoms with Crippen molar-refractivity contribution in [2.75, 3.05) is 38.7 Å². The van der Waals surface area contributed by atoms with E-state index in [1.54, 1.807) is 0 Å². The van der Waals surface area contributed by atoms with E-state index in [2.05, 4.69) is 10.2 Å². The number of aliphatic hydroxyl groups excluding tert-OH is 1. The number of carbonyl (C=O) groups excluding carboxylic acids is 1. The molecule has 1 saturated heterocycles. The lowest BCUT2D eigenvalue weighted by atomic mass is 10.1. The van der Waals surface area contributed by atoms with Gasteiger partial charge in [0.05, 0.1) is 6.10 Å². The van der Waals surface area contributed by atoms with Crippen LogP contribution in [0.5, 0.6) is 0 Å². The molecule has 5 heteroatoms. The second kappa shape index (κ2) is 8.12. The maximum absolute atomic E-state index is 11.4. The second-order valence-electron chi connectivity index (χ2n) is 5.50. The van der Waals surface area contributed by atoms with Crippen molar-refractivity contribution in [1.82, 2.24) is 4.90 Å². The summed E-state index contributed by atoms with van der Waals surface area (Å²) in [5, 5.41) is 12.3. The van der Waals surface area contributed by atoms with E-state index in [4.69, 9.17) is 4.74 Å². The summed E-state index contributed by atoms with van der Waals surface area (Å²) in [6, 6.07) is 7.92. The highest BCUT2D eigenvalue weighted by Gasteiger charge is 2.16. The van der Waals surface area contributed by atoms with Crippen LogP contribution in [0.15, 0.2) is 24.3 Å². The van der Waals surface area contributed by atoms with E-state index in [0.717, 1.165) is 44.6 Å². The van der Waals surface area contributed by atoms with E-state index in [9.17, 15) is 9.90 Å². The minimum atomic E-state index is -0.142. The number of ether oxygens (including phenoxy) is 1. The van der Waals surface area contributed by atoms with Crippen LogP contribution in [-0.2, 0) is 16.0 Å². The molecular weight excluding hydrogens is 268 g/mol. The smallest absolute Gasteiger partial charge is 0.250 e. The first-order valence-electron chi connectivity index (χ1n) is 7.45. The number of nitrogens with one attached hydrogen (secondary N) is 1. The highest BCUT2D eigenvalue weighted by atomic mass is 16.5. The number of piperidine rings is 1. The zero-order chi connectivity index (χ0) is 15.1. The molecule has 2 N–H and O–H groups in total. The Balaban J connectivity index is 1.75. The minimum absolute atomic E-state index is 0.0720. The van der Waals surface area contributed by atoms with E-state index < -0.39 is 0 Å². The topological polar surface area (TPSA) is 61.8 Å². The van der Waals surface area contributed by atoms with E-state index in [1.807, 2.05) is 24.3 Å². The van der Waals surface area contributed by atoms with Crippen molar-refractivity contribution in [3.05, 3.63) is 29.8 Å². The lowest BCUT2D eigenvalue weighted by Gasteiger charge is -2.29. The van der Waals surface area contributed by atoms with Crippen molar-refractivity contribution in [2.24, 2.45) is 0 Å². The quantitative estimate of drug-likeness (QED) is 0.829. The van der Waals surface area contributed by atoms with Gasteiger partial charge in [0.25, 0.3) is 0 Å². The van der Waals surface area contributed by atoms with Crippen molar-refractivity contribution >= 4 is 11.6 Å². The molecule has 0 aliphatic carbocycles. The number of amides is 1. The standard InChI is InChI=1S/C16H24N2O3/c1-21-12-16(20)17-14-4-2-13(3-5-14)6-9-18-10-7-15(19)8-11-18/h2-5,15,19H,6-12H2,1H3,(H,17,20). The largest absolute Gasteiger partial charge is 0.393 e. The van der Waals surface area contributed by atoms with Crippen LogP contribution >= 0.6 is 0 Å². The Hall–Kier alpha value is -1.43. The molecular formula is C16H24N2O3. The van der Waals surface area contributed by atoms with Gasteiger partial charge >= 0.3 is 0 Å². The fourth-order valence-electron chi connectivity index (χ4n) is 2.51. The molecule has 0 spiro atoms. The summed E-state index contributed by atoms with van der Waals surface area (Å²) in [4.78, 5) is 13.8. The Labute approximate surface area is 125 Å². The molecule has 0 aromatic heterocycles. The van der Waals surface area contributed by atoms with Crippen molar-refractivity contribution < 1.29 is 14.6 Å². The third-order valence-corrected chi connectivity index (χ3v) is 3.79. The van der Waals surface area contributed by atoms with Crippen molar-refractivity contribution in [3.8, 4) is 0 Å². The highest BCUT2D eigenvalue weighted by Crippen LogP contribution is 2.13. The first kappa shape index (κ1) is 15.9. The predicted octanol–water partition coefficient (Wildman–Crippen LogP) is 1.27. The number of likely N-dealkylation sites (tertiary alicyclic amines) is 1. The lowest BCUT2D eigenvalue weighted by Crippen LogP contribution is -2.37. The van der Waals surface area contributed by atoms with Gasteiger partial charge in [0, 0.05) is 32.4 Å². The minimum Gasteiger partial charge on any atom is -0.393 e.